The Labute approximate surface area is 145 Å². The molecule has 5 nitrogen and oxygen atoms in total. The van der Waals surface area contributed by atoms with Crippen LogP contribution in [0.1, 0.15) is 31.1 Å². The van der Waals surface area contributed by atoms with Crippen LogP contribution in [0.4, 0.5) is 4.79 Å². The van der Waals surface area contributed by atoms with Gasteiger partial charge in [-0.25, -0.2) is 4.79 Å². The summed E-state index contributed by atoms with van der Waals surface area (Å²) in [5.74, 6) is 0. The number of primary amides is 1. The van der Waals surface area contributed by atoms with Crippen LogP contribution in [0, 0.1) is 5.41 Å². The van der Waals surface area contributed by atoms with Gasteiger partial charge in [0, 0.05) is 17.8 Å². The SMILES string of the molecule is CC1(C)Cc2cc(-c3ccc4nccnc4c3)ccc2C1OC(N)=O. The first-order valence-electron chi connectivity index (χ1n) is 8.24. The summed E-state index contributed by atoms with van der Waals surface area (Å²) in [5.41, 5.74) is 11.3. The van der Waals surface area contributed by atoms with Gasteiger partial charge >= 0.3 is 6.09 Å². The predicted octanol–water partition coefficient (Wildman–Crippen LogP) is 4.02. The molecule has 1 heterocycles. The second-order valence-corrected chi connectivity index (χ2v) is 7.16. The molecule has 0 bridgehead atoms. The lowest BCUT2D eigenvalue weighted by Crippen LogP contribution is -2.25. The predicted molar refractivity (Wildman–Crippen MR) is 95.9 cm³/mol. The Balaban J connectivity index is 1.75. The number of rotatable bonds is 2. The molecule has 0 spiro atoms. The van der Waals surface area contributed by atoms with Crippen molar-refractivity contribution in [1.29, 1.82) is 0 Å². The zero-order chi connectivity index (χ0) is 17.6. The molecule has 1 unspecified atom stereocenters. The van der Waals surface area contributed by atoms with Crippen LogP contribution in [-0.2, 0) is 11.2 Å². The van der Waals surface area contributed by atoms with Crippen molar-refractivity contribution in [3.05, 3.63) is 59.9 Å². The smallest absolute Gasteiger partial charge is 0.405 e. The molecule has 1 aromatic heterocycles. The first-order chi connectivity index (χ1) is 11.9. The van der Waals surface area contributed by atoms with Gasteiger partial charge in [0.05, 0.1) is 11.0 Å². The second-order valence-electron chi connectivity index (χ2n) is 7.16. The number of hydrogen-bond acceptors (Lipinski definition) is 4. The summed E-state index contributed by atoms with van der Waals surface area (Å²) in [5, 5.41) is 0. The normalized spacial score (nSPS) is 18.1. The van der Waals surface area contributed by atoms with Crippen LogP contribution in [0.15, 0.2) is 48.8 Å². The zero-order valence-electron chi connectivity index (χ0n) is 14.2. The molecule has 3 aromatic rings. The summed E-state index contributed by atoms with van der Waals surface area (Å²) in [7, 11) is 0. The number of amides is 1. The Morgan fingerprint density at radius 1 is 1.08 bits per heavy atom. The van der Waals surface area contributed by atoms with Gasteiger partial charge in [0.2, 0.25) is 0 Å². The highest BCUT2D eigenvalue weighted by Gasteiger charge is 2.41. The Hall–Kier alpha value is -2.95. The van der Waals surface area contributed by atoms with E-state index in [2.05, 4.69) is 42.0 Å². The van der Waals surface area contributed by atoms with Crippen molar-refractivity contribution in [1.82, 2.24) is 9.97 Å². The van der Waals surface area contributed by atoms with E-state index in [4.69, 9.17) is 10.5 Å². The molecule has 2 N–H and O–H groups in total. The standard InChI is InChI=1S/C20H19N3O2/c1-20(2)11-14-9-12(3-5-15(14)18(20)25-19(21)24)13-4-6-16-17(10-13)23-8-7-22-16/h3-10,18H,11H2,1-2H3,(H2,21,24). The largest absolute Gasteiger partial charge is 0.441 e. The molecule has 5 heteroatoms. The van der Waals surface area contributed by atoms with Gasteiger partial charge < -0.3 is 10.5 Å². The van der Waals surface area contributed by atoms with Gasteiger partial charge in [-0.3, -0.25) is 9.97 Å². The number of nitrogens with two attached hydrogens (primary N) is 1. The van der Waals surface area contributed by atoms with Gasteiger partial charge in [-0.05, 0) is 40.8 Å². The molecule has 1 amide bonds. The molecular formula is C20H19N3O2. The van der Waals surface area contributed by atoms with E-state index >= 15 is 0 Å². The first-order valence-corrected chi connectivity index (χ1v) is 8.24. The number of hydrogen-bond donors (Lipinski definition) is 1. The van der Waals surface area contributed by atoms with Crippen molar-refractivity contribution in [2.24, 2.45) is 11.1 Å². The maximum Gasteiger partial charge on any atom is 0.405 e. The zero-order valence-corrected chi connectivity index (χ0v) is 14.2. The molecule has 1 aliphatic carbocycles. The molecule has 0 aliphatic heterocycles. The van der Waals surface area contributed by atoms with Gasteiger partial charge in [-0.2, -0.15) is 0 Å². The summed E-state index contributed by atoms with van der Waals surface area (Å²) in [6, 6.07) is 12.3. The molecule has 0 radical (unpaired) electrons. The Morgan fingerprint density at radius 2 is 1.76 bits per heavy atom. The first kappa shape index (κ1) is 15.6. The molecule has 1 atom stereocenters. The molecule has 126 valence electrons. The van der Waals surface area contributed by atoms with Crippen molar-refractivity contribution in [3.8, 4) is 11.1 Å². The topological polar surface area (TPSA) is 78.1 Å². The minimum Gasteiger partial charge on any atom is -0.441 e. The van der Waals surface area contributed by atoms with Gasteiger partial charge in [-0.1, -0.05) is 38.1 Å². The van der Waals surface area contributed by atoms with Gasteiger partial charge in [0.1, 0.15) is 6.10 Å². The van der Waals surface area contributed by atoms with Crippen LogP contribution in [0.3, 0.4) is 0 Å². The van der Waals surface area contributed by atoms with E-state index in [1.54, 1.807) is 12.4 Å². The maximum atomic E-state index is 11.3. The lowest BCUT2D eigenvalue weighted by atomic mass is 9.87. The highest BCUT2D eigenvalue weighted by molar-refractivity contribution is 5.81. The number of carbonyl (C=O) groups excluding carboxylic acids is 1. The third-order valence-electron chi connectivity index (χ3n) is 4.82. The van der Waals surface area contributed by atoms with Gasteiger partial charge in [0.25, 0.3) is 0 Å². The minimum absolute atomic E-state index is 0.176. The summed E-state index contributed by atoms with van der Waals surface area (Å²) in [6.07, 6.45) is 3.18. The molecule has 0 fully saturated rings. The second kappa shape index (κ2) is 5.55. The summed E-state index contributed by atoms with van der Waals surface area (Å²) in [6.45, 7) is 4.18. The maximum absolute atomic E-state index is 11.3. The van der Waals surface area contributed by atoms with E-state index in [1.807, 2.05) is 18.2 Å². The van der Waals surface area contributed by atoms with Crippen molar-refractivity contribution in [3.63, 3.8) is 0 Å². The van der Waals surface area contributed by atoms with Crippen LogP contribution in [-0.4, -0.2) is 16.1 Å². The number of carbonyl (C=O) groups is 1. The number of aromatic nitrogens is 2. The lowest BCUT2D eigenvalue weighted by molar-refractivity contribution is 0.0392. The average Bonchev–Trinajstić information content (AvgIpc) is 2.83. The molecule has 2 aromatic carbocycles. The third-order valence-corrected chi connectivity index (χ3v) is 4.82. The van der Waals surface area contributed by atoms with Crippen LogP contribution in [0.25, 0.3) is 22.2 Å². The van der Waals surface area contributed by atoms with Crippen molar-refractivity contribution in [2.75, 3.05) is 0 Å². The van der Waals surface area contributed by atoms with Crippen molar-refractivity contribution in [2.45, 2.75) is 26.4 Å². The van der Waals surface area contributed by atoms with Crippen LogP contribution in [0.5, 0.6) is 0 Å². The van der Waals surface area contributed by atoms with E-state index in [0.717, 1.165) is 34.1 Å². The van der Waals surface area contributed by atoms with E-state index in [-0.39, 0.29) is 11.5 Å². The summed E-state index contributed by atoms with van der Waals surface area (Å²) < 4.78 is 5.38. The Morgan fingerprint density at radius 3 is 2.52 bits per heavy atom. The minimum atomic E-state index is -0.733. The monoisotopic (exact) mass is 333 g/mol. The summed E-state index contributed by atoms with van der Waals surface area (Å²) >= 11 is 0. The van der Waals surface area contributed by atoms with Crippen LogP contribution < -0.4 is 5.73 Å². The quantitative estimate of drug-likeness (QED) is 0.768. The molecule has 1 aliphatic rings. The highest BCUT2D eigenvalue weighted by atomic mass is 16.6. The van der Waals surface area contributed by atoms with Gasteiger partial charge in [-0.15, -0.1) is 0 Å². The van der Waals surface area contributed by atoms with Crippen LogP contribution in [0.2, 0.25) is 0 Å². The molecule has 0 saturated carbocycles. The van der Waals surface area contributed by atoms with E-state index in [1.165, 1.54) is 5.56 Å². The number of nitrogens with zero attached hydrogens (tertiary/aromatic N) is 2. The Kier molecular flexibility index (Phi) is 3.46. The Bertz CT molecular complexity index is 982. The fraction of sp³-hybridized carbons (Fsp3) is 0.250. The lowest BCUT2D eigenvalue weighted by Gasteiger charge is -2.26. The highest BCUT2D eigenvalue weighted by Crippen LogP contribution is 2.48. The average molecular weight is 333 g/mol. The summed E-state index contributed by atoms with van der Waals surface area (Å²) in [4.78, 5) is 19.9. The molecular weight excluding hydrogens is 314 g/mol. The van der Waals surface area contributed by atoms with Crippen LogP contribution >= 0.6 is 0 Å². The number of fused-ring (bicyclic) bond motifs is 2. The number of ether oxygens (including phenoxy) is 1. The fourth-order valence-corrected chi connectivity index (χ4v) is 3.68. The van der Waals surface area contributed by atoms with Crippen molar-refractivity contribution >= 4 is 17.1 Å². The fourth-order valence-electron chi connectivity index (χ4n) is 3.68. The molecule has 4 rings (SSSR count). The van der Waals surface area contributed by atoms with E-state index < -0.39 is 6.09 Å². The number of benzene rings is 2. The third kappa shape index (κ3) is 2.71. The van der Waals surface area contributed by atoms with Crippen molar-refractivity contribution < 1.29 is 9.53 Å². The van der Waals surface area contributed by atoms with E-state index in [9.17, 15) is 4.79 Å². The molecule has 25 heavy (non-hydrogen) atoms. The molecule has 0 saturated heterocycles. The van der Waals surface area contributed by atoms with Gasteiger partial charge in [0.15, 0.2) is 0 Å². The van der Waals surface area contributed by atoms with E-state index in [0.29, 0.717) is 0 Å².